The summed E-state index contributed by atoms with van der Waals surface area (Å²) in [6.45, 7) is 0. The van der Waals surface area contributed by atoms with Crippen LogP contribution in [0.4, 0.5) is 11.6 Å². The van der Waals surface area contributed by atoms with Gasteiger partial charge in [-0.05, 0) is 24.3 Å². The molecule has 4 N–H and O–H groups in total. The molecule has 144 valence electrons. The molecule has 0 spiro atoms. The lowest BCUT2D eigenvalue weighted by Gasteiger charge is -2.06. The maximum atomic E-state index is 12.1. The van der Waals surface area contributed by atoms with Crippen molar-refractivity contribution in [1.82, 2.24) is 19.9 Å². The van der Waals surface area contributed by atoms with Crippen molar-refractivity contribution in [2.45, 2.75) is 5.16 Å². The van der Waals surface area contributed by atoms with Gasteiger partial charge in [-0.15, -0.1) is 10.2 Å². The van der Waals surface area contributed by atoms with E-state index in [4.69, 9.17) is 29.0 Å². The van der Waals surface area contributed by atoms with Gasteiger partial charge in [0.15, 0.2) is 0 Å². The number of hydrogen-bond donors (Lipinski definition) is 3. The number of nitrogens with two attached hydrogens (primary N) is 1. The Bertz CT molecular complexity index is 975. The molecular weight excluding hydrogens is 423 g/mol. The molecule has 2 aromatic heterocycles. The molecule has 0 radical (unpaired) electrons. The average molecular weight is 437 g/mol. The largest absolute Gasteiger partial charge is 0.334 e. The molecule has 0 atom stereocenters. The first-order valence-corrected chi connectivity index (χ1v) is 9.54. The van der Waals surface area contributed by atoms with Crippen LogP contribution in [-0.4, -0.2) is 37.7 Å². The zero-order chi connectivity index (χ0) is 19.9. The Morgan fingerprint density at radius 3 is 2.79 bits per heavy atom. The van der Waals surface area contributed by atoms with Crippen LogP contribution in [0.15, 0.2) is 53.0 Å². The van der Waals surface area contributed by atoms with Gasteiger partial charge < -0.3 is 11.2 Å². The predicted octanol–water partition coefficient (Wildman–Crippen LogP) is 2.87. The summed E-state index contributed by atoms with van der Waals surface area (Å²) in [5.74, 6) is 5.94. The van der Waals surface area contributed by atoms with Gasteiger partial charge in [-0.3, -0.25) is 9.78 Å². The summed E-state index contributed by atoms with van der Waals surface area (Å²) in [5.41, 5.74) is 4.00. The quantitative estimate of drug-likeness (QED) is 0.225. The summed E-state index contributed by atoms with van der Waals surface area (Å²) >= 11 is 12.9. The third-order valence-electron chi connectivity index (χ3n) is 3.21. The smallest absolute Gasteiger partial charge is 0.264 e. The molecule has 0 fully saturated rings. The Kier molecular flexibility index (Phi) is 6.69. The summed E-state index contributed by atoms with van der Waals surface area (Å²) in [5, 5.41) is 15.7. The molecule has 2 heterocycles. The SMILES string of the molecule is Nn1c(N/N=C/c2cccnc2)nnc1SCC(=O)Nc1cc(Cl)cc(Cl)c1. The second kappa shape index (κ2) is 9.40. The lowest BCUT2D eigenvalue weighted by molar-refractivity contribution is -0.113. The zero-order valence-electron chi connectivity index (χ0n) is 14.2. The summed E-state index contributed by atoms with van der Waals surface area (Å²) in [7, 11) is 0. The number of aromatic nitrogens is 4. The molecule has 9 nitrogen and oxygen atoms in total. The molecule has 1 aromatic carbocycles. The first-order valence-electron chi connectivity index (χ1n) is 7.79. The lowest BCUT2D eigenvalue weighted by atomic mass is 10.3. The number of hydrogen-bond acceptors (Lipinski definition) is 8. The van der Waals surface area contributed by atoms with Crippen LogP contribution in [0.2, 0.25) is 10.0 Å². The highest BCUT2D eigenvalue weighted by Crippen LogP contribution is 2.23. The van der Waals surface area contributed by atoms with E-state index in [1.807, 2.05) is 6.07 Å². The van der Waals surface area contributed by atoms with Gasteiger partial charge in [0.2, 0.25) is 11.1 Å². The van der Waals surface area contributed by atoms with Crippen molar-refractivity contribution in [3.8, 4) is 0 Å². The van der Waals surface area contributed by atoms with E-state index in [-0.39, 0.29) is 17.6 Å². The molecule has 0 aliphatic rings. The van der Waals surface area contributed by atoms with Gasteiger partial charge in [0.25, 0.3) is 5.95 Å². The molecule has 3 aromatic rings. The minimum Gasteiger partial charge on any atom is -0.334 e. The van der Waals surface area contributed by atoms with Gasteiger partial charge in [-0.1, -0.05) is 41.0 Å². The highest BCUT2D eigenvalue weighted by Gasteiger charge is 2.12. The van der Waals surface area contributed by atoms with Crippen molar-refractivity contribution in [2.75, 3.05) is 22.3 Å². The number of pyridine rings is 1. The third-order valence-corrected chi connectivity index (χ3v) is 4.59. The number of nitrogens with zero attached hydrogens (tertiary/aromatic N) is 5. The number of thioether (sulfide) groups is 1. The Morgan fingerprint density at radius 1 is 1.29 bits per heavy atom. The average Bonchev–Trinajstić information content (AvgIpc) is 3.00. The molecule has 28 heavy (non-hydrogen) atoms. The van der Waals surface area contributed by atoms with Gasteiger partial charge in [0.05, 0.1) is 12.0 Å². The van der Waals surface area contributed by atoms with E-state index >= 15 is 0 Å². The third kappa shape index (κ3) is 5.59. The van der Waals surface area contributed by atoms with E-state index < -0.39 is 0 Å². The Balaban J connectivity index is 1.53. The second-order valence-electron chi connectivity index (χ2n) is 5.33. The Morgan fingerprint density at radius 2 is 2.07 bits per heavy atom. The number of anilines is 2. The predicted molar refractivity (Wildman–Crippen MR) is 111 cm³/mol. The van der Waals surface area contributed by atoms with Gasteiger partial charge >= 0.3 is 0 Å². The van der Waals surface area contributed by atoms with Crippen LogP contribution in [-0.2, 0) is 4.79 Å². The number of carbonyl (C=O) groups is 1. The fourth-order valence-electron chi connectivity index (χ4n) is 2.02. The van der Waals surface area contributed by atoms with Crippen LogP contribution in [0.1, 0.15) is 5.56 Å². The maximum Gasteiger partial charge on any atom is 0.264 e. The molecule has 0 bridgehead atoms. The van der Waals surface area contributed by atoms with Crippen LogP contribution in [0.3, 0.4) is 0 Å². The number of nitrogen functional groups attached to an aromatic ring is 1. The van der Waals surface area contributed by atoms with Crippen molar-refractivity contribution < 1.29 is 4.79 Å². The Hall–Kier alpha value is -2.82. The molecule has 0 unspecified atom stereocenters. The molecule has 12 heteroatoms. The van der Waals surface area contributed by atoms with E-state index in [2.05, 4.69) is 31.0 Å². The van der Waals surface area contributed by atoms with Crippen LogP contribution in [0, 0.1) is 0 Å². The normalized spacial score (nSPS) is 10.9. The second-order valence-corrected chi connectivity index (χ2v) is 7.14. The van der Waals surface area contributed by atoms with Crippen molar-refractivity contribution >= 4 is 58.7 Å². The number of nitrogens with one attached hydrogen (secondary N) is 2. The minimum absolute atomic E-state index is 0.0679. The van der Waals surface area contributed by atoms with Crippen molar-refractivity contribution in [2.24, 2.45) is 5.10 Å². The summed E-state index contributed by atoms with van der Waals surface area (Å²) in [6.07, 6.45) is 4.89. The van der Waals surface area contributed by atoms with E-state index in [9.17, 15) is 4.79 Å². The van der Waals surface area contributed by atoms with Crippen molar-refractivity contribution in [3.05, 3.63) is 58.3 Å². The Labute approximate surface area is 174 Å². The first-order chi connectivity index (χ1) is 13.5. The monoisotopic (exact) mass is 436 g/mol. The highest BCUT2D eigenvalue weighted by atomic mass is 35.5. The van der Waals surface area contributed by atoms with Gasteiger partial charge in [0, 0.05) is 33.7 Å². The fourth-order valence-corrected chi connectivity index (χ4v) is 3.20. The summed E-state index contributed by atoms with van der Waals surface area (Å²) in [4.78, 5) is 16.1. The molecule has 0 saturated heterocycles. The minimum atomic E-state index is -0.268. The maximum absolute atomic E-state index is 12.1. The number of carbonyl (C=O) groups excluding carboxylic acids is 1. The highest BCUT2D eigenvalue weighted by molar-refractivity contribution is 7.99. The lowest BCUT2D eigenvalue weighted by Crippen LogP contribution is -2.16. The van der Waals surface area contributed by atoms with Crippen LogP contribution < -0.4 is 16.6 Å². The summed E-state index contributed by atoms with van der Waals surface area (Å²) < 4.78 is 1.20. The summed E-state index contributed by atoms with van der Waals surface area (Å²) in [6, 6.07) is 8.42. The number of hydrazone groups is 1. The number of halogens is 2. The number of benzene rings is 1. The van der Waals surface area contributed by atoms with Gasteiger partial charge in [-0.2, -0.15) is 5.10 Å². The van der Waals surface area contributed by atoms with E-state index in [1.54, 1.807) is 42.9 Å². The van der Waals surface area contributed by atoms with Crippen LogP contribution in [0.5, 0.6) is 0 Å². The van der Waals surface area contributed by atoms with Gasteiger partial charge in [-0.25, -0.2) is 10.1 Å². The molecule has 0 saturated carbocycles. The fraction of sp³-hybridized carbons (Fsp3) is 0.0625. The van der Waals surface area contributed by atoms with Gasteiger partial charge in [0.1, 0.15) is 0 Å². The van der Waals surface area contributed by atoms with Crippen LogP contribution in [0.25, 0.3) is 0 Å². The van der Waals surface area contributed by atoms with E-state index in [1.165, 1.54) is 4.68 Å². The van der Waals surface area contributed by atoms with E-state index in [0.29, 0.717) is 20.9 Å². The molecule has 3 rings (SSSR count). The molecule has 1 amide bonds. The van der Waals surface area contributed by atoms with Crippen molar-refractivity contribution in [1.29, 1.82) is 0 Å². The standard InChI is InChI=1S/C16H14Cl2N8OS/c17-11-4-12(18)6-13(5-11)22-14(27)9-28-16-25-24-15(26(16)19)23-21-8-10-2-1-3-20-7-10/h1-8H,9,19H2,(H,22,27)(H,23,24)/b21-8+. The molecule has 0 aliphatic heterocycles. The number of rotatable bonds is 7. The topological polar surface area (TPSA) is 123 Å². The molecular formula is C16H14Cl2N8OS. The zero-order valence-corrected chi connectivity index (χ0v) is 16.5. The van der Waals surface area contributed by atoms with E-state index in [0.717, 1.165) is 17.3 Å². The molecule has 0 aliphatic carbocycles. The van der Waals surface area contributed by atoms with Crippen molar-refractivity contribution in [3.63, 3.8) is 0 Å². The first kappa shape index (κ1) is 19.9. The number of amides is 1. The van der Waals surface area contributed by atoms with Crippen LogP contribution >= 0.6 is 35.0 Å².